The van der Waals surface area contributed by atoms with Gasteiger partial charge in [-0.25, -0.2) is 4.79 Å². The van der Waals surface area contributed by atoms with Gasteiger partial charge in [-0.15, -0.1) is 0 Å². The van der Waals surface area contributed by atoms with Crippen LogP contribution >= 0.6 is 0 Å². The maximum absolute atomic E-state index is 10.9. The van der Waals surface area contributed by atoms with Crippen LogP contribution in [-0.2, 0) is 0 Å². The number of fused-ring (bicyclic) bond motifs is 1. The maximum Gasteiger partial charge on any atom is 0.337 e. The number of benzene rings is 1. The van der Waals surface area contributed by atoms with E-state index in [1.165, 1.54) is 6.07 Å². The number of nitrogens with two attached hydrogens (primary N) is 1. The molecule has 0 bridgehead atoms. The molecule has 76 valence electrons. The monoisotopic (exact) mass is 202 g/mol. The van der Waals surface area contributed by atoms with Gasteiger partial charge in [-0.05, 0) is 24.6 Å². The normalized spacial score (nSPS) is 10.5. The number of hydrogen-bond donors (Lipinski definition) is 2. The molecule has 0 unspecified atom stereocenters. The first-order valence-electron chi connectivity index (χ1n) is 4.48. The van der Waals surface area contributed by atoms with Crippen molar-refractivity contribution in [1.29, 1.82) is 0 Å². The molecule has 4 nitrogen and oxygen atoms in total. The summed E-state index contributed by atoms with van der Waals surface area (Å²) in [6.45, 7) is 1.80. The Morgan fingerprint density at radius 3 is 2.93 bits per heavy atom. The van der Waals surface area contributed by atoms with Gasteiger partial charge in [0.15, 0.2) is 0 Å². The minimum absolute atomic E-state index is 0.110. The number of pyridine rings is 1. The van der Waals surface area contributed by atoms with E-state index in [1.54, 1.807) is 19.2 Å². The average Bonchev–Trinajstić information content (AvgIpc) is 2.23. The van der Waals surface area contributed by atoms with Gasteiger partial charge in [-0.1, -0.05) is 6.07 Å². The molecule has 0 aliphatic rings. The highest BCUT2D eigenvalue weighted by Gasteiger charge is 2.13. The van der Waals surface area contributed by atoms with E-state index in [-0.39, 0.29) is 5.56 Å². The zero-order valence-corrected chi connectivity index (χ0v) is 8.19. The molecule has 4 heteroatoms. The van der Waals surface area contributed by atoms with E-state index in [2.05, 4.69) is 4.98 Å². The Labute approximate surface area is 86.4 Å². The molecule has 0 saturated carbocycles. The van der Waals surface area contributed by atoms with Gasteiger partial charge in [0.2, 0.25) is 0 Å². The van der Waals surface area contributed by atoms with Crippen LogP contribution in [0, 0.1) is 6.92 Å². The fourth-order valence-electron chi connectivity index (χ4n) is 1.59. The number of rotatable bonds is 1. The summed E-state index contributed by atoms with van der Waals surface area (Å²) in [6.07, 6.45) is 1.63. The Kier molecular flexibility index (Phi) is 2.04. The van der Waals surface area contributed by atoms with Crippen molar-refractivity contribution in [1.82, 2.24) is 4.98 Å². The number of aromatic carboxylic acids is 1. The predicted molar refractivity (Wildman–Crippen MR) is 57.9 cm³/mol. The molecule has 1 heterocycles. The first kappa shape index (κ1) is 9.45. The van der Waals surface area contributed by atoms with Gasteiger partial charge in [-0.3, -0.25) is 4.98 Å². The molecule has 15 heavy (non-hydrogen) atoms. The molecule has 3 N–H and O–H groups in total. The minimum atomic E-state index is -1.02. The SMILES string of the molecule is Cc1c(N)c(C(=O)O)cc2ncccc12. The molecule has 1 aromatic carbocycles. The third kappa shape index (κ3) is 1.40. The van der Waals surface area contributed by atoms with Crippen LogP contribution in [0.1, 0.15) is 15.9 Å². The summed E-state index contributed by atoms with van der Waals surface area (Å²) in [6, 6.07) is 5.18. The summed E-state index contributed by atoms with van der Waals surface area (Å²) in [5.41, 5.74) is 7.58. The quantitative estimate of drug-likeness (QED) is 0.691. The molecule has 0 spiro atoms. The maximum atomic E-state index is 10.9. The molecule has 2 aromatic rings. The second kappa shape index (κ2) is 3.24. The van der Waals surface area contributed by atoms with Crippen molar-refractivity contribution in [3.63, 3.8) is 0 Å². The third-order valence-electron chi connectivity index (χ3n) is 2.45. The van der Waals surface area contributed by atoms with Crippen molar-refractivity contribution < 1.29 is 9.90 Å². The molecule has 0 saturated heterocycles. The number of carboxylic acids is 1. The number of hydrogen-bond acceptors (Lipinski definition) is 3. The van der Waals surface area contributed by atoms with Crippen molar-refractivity contribution in [3.8, 4) is 0 Å². The van der Waals surface area contributed by atoms with E-state index in [1.807, 2.05) is 6.07 Å². The Morgan fingerprint density at radius 1 is 1.53 bits per heavy atom. The Bertz CT molecular complexity index is 550. The lowest BCUT2D eigenvalue weighted by molar-refractivity contribution is 0.0698. The fourth-order valence-corrected chi connectivity index (χ4v) is 1.59. The van der Waals surface area contributed by atoms with Gasteiger partial charge in [0.1, 0.15) is 0 Å². The van der Waals surface area contributed by atoms with E-state index in [0.717, 1.165) is 10.9 Å². The third-order valence-corrected chi connectivity index (χ3v) is 2.45. The van der Waals surface area contributed by atoms with Crippen LogP contribution in [0.5, 0.6) is 0 Å². The zero-order valence-electron chi connectivity index (χ0n) is 8.19. The lowest BCUT2D eigenvalue weighted by Crippen LogP contribution is -2.04. The largest absolute Gasteiger partial charge is 0.478 e. The summed E-state index contributed by atoms with van der Waals surface area (Å²) in [5.74, 6) is -1.02. The first-order valence-corrected chi connectivity index (χ1v) is 4.48. The summed E-state index contributed by atoms with van der Waals surface area (Å²) in [4.78, 5) is 15.0. The molecule has 0 aliphatic heterocycles. The van der Waals surface area contributed by atoms with E-state index in [4.69, 9.17) is 10.8 Å². The number of aryl methyl sites for hydroxylation is 1. The Morgan fingerprint density at radius 2 is 2.27 bits per heavy atom. The van der Waals surface area contributed by atoms with Gasteiger partial charge in [0, 0.05) is 17.3 Å². The predicted octanol–water partition coefficient (Wildman–Crippen LogP) is 1.82. The van der Waals surface area contributed by atoms with Crippen LogP contribution < -0.4 is 5.73 Å². The van der Waals surface area contributed by atoms with E-state index in [0.29, 0.717) is 11.2 Å². The molecule has 0 amide bonds. The Balaban J connectivity index is 2.88. The van der Waals surface area contributed by atoms with Crippen molar-refractivity contribution in [2.75, 3.05) is 5.73 Å². The molecule has 0 fully saturated rings. The highest BCUT2D eigenvalue weighted by Crippen LogP contribution is 2.25. The van der Waals surface area contributed by atoms with Gasteiger partial charge in [0.05, 0.1) is 11.1 Å². The van der Waals surface area contributed by atoms with Crippen LogP contribution in [0.25, 0.3) is 10.9 Å². The number of aromatic nitrogens is 1. The number of nitrogen functional groups attached to an aromatic ring is 1. The lowest BCUT2D eigenvalue weighted by Gasteiger charge is -2.08. The highest BCUT2D eigenvalue weighted by atomic mass is 16.4. The first-order chi connectivity index (χ1) is 7.11. The summed E-state index contributed by atoms with van der Waals surface area (Å²) >= 11 is 0. The second-order valence-electron chi connectivity index (χ2n) is 3.34. The molecule has 0 radical (unpaired) electrons. The van der Waals surface area contributed by atoms with Crippen molar-refractivity contribution in [3.05, 3.63) is 35.5 Å². The Hall–Kier alpha value is -2.10. The number of carbonyl (C=O) groups is 1. The highest BCUT2D eigenvalue weighted by molar-refractivity contribution is 6.01. The van der Waals surface area contributed by atoms with Gasteiger partial charge in [0.25, 0.3) is 0 Å². The van der Waals surface area contributed by atoms with E-state index < -0.39 is 5.97 Å². The molecule has 1 aromatic heterocycles. The standard InChI is InChI=1S/C11H10N2O2/c1-6-7-3-2-4-13-9(7)5-8(10(6)12)11(14)15/h2-5H,12H2,1H3,(H,14,15). The summed E-state index contributed by atoms with van der Waals surface area (Å²) in [7, 11) is 0. The van der Waals surface area contributed by atoms with Crippen molar-refractivity contribution >= 4 is 22.6 Å². The van der Waals surface area contributed by atoms with E-state index >= 15 is 0 Å². The van der Waals surface area contributed by atoms with E-state index in [9.17, 15) is 4.79 Å². The van der Waals surface area contributed by atoms with Crippen LogP contribution in [0.3, 0.4) is 0 Å². The molecule has 2 rings (SSSR count). The summed E-state index contributed by atoms with van der Waals surface area (Å²) in [5, 5.41) is 9.83. The van der Waals surface area contributed by atoms with Crippen LogP contribution in [0.15, 0.2) is 24.4 Å². The number of anilines is 1. The van der Waals surface area contributed by atoms with Crippen LogP contribution in [0.4, 0.5) is 5.69 Å². The van der Waals surface area contributed by atoms with Gasteiger partial charge >= 0.3 is 5.97 Å². The molecular weight excluding hydrogens is 192 g/mol. The topological polar surface area (TPSA) is 76.2 Å². The minimum Gasteiger partial charge on any atom is -0.478 e. The van der Waals surface area contributed by atoms with Crippen LogP contribution in [0.2, 0.25) is 0 Å². The summed E-state index contributed by atoms with van der Waals surface area (Å²) < 4.78 is 0. The second-order valence-corrected chi connectivity index (χ2v) is 3.34. The lowest BCUT2D eigenvalue weighted by atomic mass is 10.0. The molecule has 0 aliphatic carbocycles. The fraction of sp³-hybridized carbons (Fsp3) is 0.0909. The molecular formula is C11H10N2O2. The zero-order chi connectivity index (χ0) is 11.0. The smallest absolute Gasteiger partial charge is 0.337 e. The van der Waals surface area contributed by atoms with Crippen LogP contribution in [-0.4, -0.2) is 16.1 Å². The van der Waals surface area contributed by atoms with Gasteiger partial charge in [-0.2, -0.15) is 0 Å². The average molecular weight is 202 g/mol. The number of carboxylic acid groups (broad SMARTS) is 1. The van der Waals surface area contributed by atoms with Gasteiger partial charge < -0.3 is 10.8 Å². The van der Waals surface area contributed by atoms with Crippen molar-refractivity contribution in [2.45, 2.75) is 6.92 Å². The number of nitrogens with zero attached hydrogens (tertiary/aromatic N) is 1. The molecule has 0 atom stereocenters. The van der Waals surface area contributed by atoms with Crippen molar-refractivity contribution in [2.24, 2.45) is 0 Å².